The van der Waals surface area contributed by atoms with Gasteiger partial charge in [0.25, 0.3) is 5.91 Å². The van der Waals surface area contributed by atoms with Gasteiger partial charge in [-0.05, 0) is 44.0 Å². The summed E-state index contributed by atoms with van der Waals surface area (Å²) >= 11 is 1.42. The van der Waals surface area contributed by atoms with Gasteiger partial charge in [0.2, 0.25) is 0 Å². The van der Waals surface area contributed by atoms with Gasteiger partial charge in [-0.15, -0.1) is 0 Å². The molecule has 146 valence electrons. The molecule has 1 amide bonds. The molecule has 5 nitrogen and oxygen atoms in total. The Hall–Kier alpha value is -3.12. The number of carbonyl (C=O) groups excluding carboxylic acids is 1. The minimum atomic E-state index is -0.0896. The largest absolute Gasteiger partial charge is 0.372 e. The summed E-state index contributed by atoms with van der Waals surface area (Å²) in [6.45, 7) is 4.20. The van der Waals surface area contributed by atoms with Crippen LogP contribution in [0.1, 0.15) is 28.2 Å². The van der Waals surface area contributed by atoms with Crippen molar-refractivity contribution in [2.45, 2.75) is 19.8 Å². The van der Waals surface area contributed by atoms with E-state index in [9.17, 15) is 4.79 Å². The molecule has 1 N–H and O–H groups in total. The van der Waals surface area contributed by atoms with Crippen LogP contribution in [-0.2, 0) is 0 Å². The molecule has 0 saturated carbocycles. The number of aromatic nitrogens is 2. The number of aryl methyl sites for hydroxylation is 1. The first-order valence-electron chi connectivity index (χ1n) is 9.89. The van der Waals surface area contributed by atoms with E-state index in [0.29, 0.717) is 4.88 Å². The summed E-state index contributed by atoms with van der Waals surface area (Å²) in [6, 6.07) is 18.2. The van der Waals surface area contributed by atoms with Crippen LogP contribution < -0.4 is 10.2 Å². The van der Waals surface area contributed by atoms with Gasteiger partial charge in [0, 0.05) is 41.9 Å². The van der Waals surface area contributed by atoms with E-state index in [1.54, 1.807) is 0 Å². The van der Waals surface area contributed by atoms with E-state index in [-0.39, 0.29) is 5.91 Å². The third kappa shape index (κ3) is 3.40. The minimum Gasteiger partial charge on any atom is -0.372 e. The van der Waals surface area contributed by atoms with Crippen molar-refractivity contribution in [3.05, 3.63) is 71.4 Å². The van der Waals surface area contributed by atoms with Crippen LogP contribution in [0.15, 0.2) is 60.8 Å². The molecule has 3 heterocycles. The zero-order valence-electron chi connectivity index (χ0n) is 16.3. The summed E-state index contributed by atoms with van der Waals surface area (Å²) in [5, 5.41) is 3.03. The van der Waals surface area contributed by atoms with Crippen molar-refractivity contribution in [1.29, 1.82) is 0 Å². The SMILES string of the molecule is Cc1c(C(=O)Nc2ccc(N3CCCC3)cc2)sc2nc(-c3ccccc3)cn12. The maximum Gasteiger partial charge on any atom is 0.267 e. The van der Waals surface area contributed by atoms with E-state index in [0.717, 1.165) is 40.7 Å². The molecule has 0 aliphatic carbocycles. The summed E-state index contributed by atoms with van der Waals surface area (Å²) in [7, 11) is 0. The quantitative estimate of drug-likeness (QED) is 0.509. The molecule has 1 fully saturated rings. The number of hydrogen-bond acceptors (Lipinski definition) is 4. The van der Waals surface area contributed by atoms with Crippen LogP contribution in [-0.4, -0.2) is 28.4 Å². The monoisotopic (exact) mass is 402 g/mol. The van der Waals surface area contributed by atoms with E-state index in [1.165, 1.54) is 29.9 Å². The molecule has 0 unspecified atom stereocenters. The predicted molar refractivity (Wildman–Crippen MR) is 119 cm³/mol. The number of fused-ring (bicyclic) bond motifs is 1. The zero-order chi connectivity index (χ0) is 19.8. The third-order valence-corrected chi connectivity index (χ3v) is 6.58. The number of anilines is 2. The average molecular weight is 403 g/mol. The van der Waals surface area contributed by atoms with Gasteiger partial charge in [-0.2, -0.15) is 0 Å². The highest BCUT2D eigenvalue weighted by atomic mass is 32.1. The molecule has 4 aromatic rings. The summed E-state index contributed by atoms with van der Waals surface area (Å²) in [6.07, 6.45) is 4.51. The van der Waals surface area contributed by atoms with Crippen LogP contribution in [0.4, 0.5) is 11.4 Å². The molecule has 1 aliphatic rings. The van der Waals surface area contributed by atoms with Gasteiger partial charge in [-0.1, -0.05) is 41.7 Å². The summed E-state index contributed by atoms with van der Waals surface area (Å²) in [4.78, 5) is 21.5. The van der Waals surface area contributed by atoms with Gasteiger partial charge in [-0.25, -0.2) is 4.98 Å². The second-order valence-electron chi connectivity index (χ2n) is 7.36. The highest BCUT2D eigenvalue weighted by molar-refractivity contribution is 7.19. The normalized spacial score (nSPS) is 13.9. The van der Waals surface area contributed by atoms with Gasteiger partial charge in [0.05, 0.1) is 5.69 Å². The van der Waals surface area contributed by atoms with Crippen molar-refractivity contribution in [1.82, 2.24) is 9.38 Å². The third-order valence-electron chi connectivity index (χ3n) is 5.43. The fourth-order valence-electron chi connectivity index (χ4n) is 3.83. The van der Waals surface area contributed by atoms with Crippen molar-refractivity contribution in [2.75, 3.05) is 23.3 Å². The Morgan fingerprint density at radius 1 is 1.03 bits per heavy atom. The lowest BCUT2D eigenvalue weighted by Crippen LogP contribution is -2.17. The molecular formula is C23H22N4OS. The fourth-order valence-corrected chi connectivity index (χ4v) is 4.83. The minimum absolute atomic E-state index is 0.0896. The number of nitrogens with one attached hydrogen (secondary N) is 1. The van der Waals surface area contributed by atoms with E-state index < -0.39 is 0 Å². The lowest BCUT2D eigenvalue weighted by molar-refractivity contribution is 0.102. The Balaban J connectivity index is 1.35. The van der Waals surface area contributed by atoms with Crippen LogP contribution in [0.3, 0.4) is 0 Å². The number of carbonyl (C=O) groups is 1. The van der Waals surface area contributed by atoms with Crippen LogP contribution in [0.5, 0.6) is 0 Å². The fraction of sp³-hybridized carbons (Fsp3) is 0.217. The number of amides is 1. The summed E-state index contributed by atoms with van der Waals surface area (Å²) < 4.78 is 2.00. The van der Waals surface area contributed by atoms with Crippen LogP contribution >= 0.6 is 11.3 Å². The van der Waals surface area contributed by atoms with Crippen LogP contribution in [0, 0.1) is 6.92 Å². The molecule has 2 aromatic heterocycles. The molecule has 2 aromatic carbocycles. The van der Waals surface area contributed by atoms with Crippen molar-refractivity contribution in [3.63, 3.8) is 0 Å². The first kappa shape index (κ1) is 17.9. The van der Waals surface area contributed by atoms with E-state index >= 15 is 0 Å². The lowest BCUT2D eigenvalue weighted by Gasteiger charge is -2.17. The molecule has 1 aliphatic heterocycles. The second kappa shape index (κ2) is 7.37. The highest BCUT2D eigenvalue weighted by Gasteiger charge is 2.18. The first-order chi connectivity index (χ1) is 14.2. The Morgan fingerprint density at radius 3 is 2.45 bits per heavy atom. The maximum atomic E-state index is 12.8. The number of nitrogens with zero attached hydrogens (tertiary/aromatic N) is 3. The van der Waals surface area contributed by atoms with Crippen molar-refractivity contribution in [2.24, 2.45) is 0 Å². The Morgan fingerprint density at radius 2 is 1.76 bits per heavy atom. The number of hydrogen-bond donors (Lipinski definition) is 1. The van der Waals surface area contributed by atoms with E-state index in [1.807, 2.05) is 60.0 Å². The standard InChI is InChI=1S/C23H22N4OS/c1-16-21(29-23-25-20(15-27(16)23)17-7-3-2-4-8-17)22(28)24-18-9-11-19(12-10-18)26-13-5-6-14-26/h2-4,7-12,15H,5-6,13-14H2,1H3,(H,24,28). The summed E-state index contributed by atoms with van der Waals surface area (Å²) in [5.41, 5.74) is 4.94. The van der Waals surface area contributed by atoms with Gasteiger partial charge < -0.3 is 10.2 Å². The zero-order valence-corrected chi connectivity index (χ0v) is 17.1. The average Bonchev–Trinajstić information content (AvgIpc) is 3.48. The highest BCUT2D eigenvalue weighted by Crippen LogP contribution is 2.28. The number of thiazole rings is 1. The molecule has 1 saturated heterocycles. The topological polar surface area (TPSA) is 49.6 Å². The molecule has 0 radical (unpaired) electrons. The molecule has 29 heavy (non-hydrogen) atoms. The molecular weight excluding hydrogens is 380 g/mol. The maximum absolute atomic E-state index is 12.8. The van der Waals surface area contributed by atoms with Crippen molar-refractivity contribution in [3.8, 4) is 11.3 Å². The molecule has 0 spiro atoms. The molecule has 6 heteroatoms. The second-order valence-corrected chi connectivity index (χ2v) is 8.33. The molecule has 0 atom stereocenters. The lowest BCUT2D eigenvalue weighted by atomic mass is 10.2. The predicted octanol–water partition coefficient (Wildman–Crippen LogP) is 5.22. The van der Waals surface area contributed by atoms with Crippen LogP contribution in [0.25, 0.3) is 16.2 Å². The first-order valence-corrected chi connectivity index (χ1v) is 10.7. The van der Waals surface area contributed by atoms with Crippen molar-refractivity contribution < 1.29 is 4.79 Å². The Labute approximate surface area is 173 Å². The van der Waals surface area contributed by atoms with Gasteiger partial charge in [0.1, 0.15) is 4.88 Å². The smallest absolute Gasteiger partial charge is 0.267 e. The van der Waals surface area contributed by atoms with Gasteiger partial charge in [-0.3, -0.25) is 9.20 Å². The molecule has 0 bridgehead atoms. The van der Waals surface area contributed by atoms with Gasteiger partial charge >= 0.3 is 0 Å². The van der Waals surface area contributed by atoms with Crippen molar-refractivity contribution >= 4 is 33.6 Å². The number of benzene rings is 2. The Kier molecular flexibility index (Phi) is 4.56. The number of rotatable bonds is 4. The molecule has 5 rings (SSSR count). The van der Waals surface area contributed by atoms with Gasteiger partial charge in [0.15, 0.2) is 4.96 Å². The Bertz CT molecular complexity index is 1160. The van der Waals surface area contributed by atoms with E-state index in [2.05, 4.69) is 22.3 Å². The van der Waals surface area contributed by atoms with Crippen LogP contribution in [0.2, 0.25) is 0 Å². The van der Waals surface area contributed by atoms with E-state index in [4.69, 9.17) is 4.98 Å². The summed E-state index contributed by atoms with van der Waals surface area (Å²) in [5.74, 6) is -0.0896. The number of imidazole rings is 1.